The van der Waals surface area contributed by atoms with Crippen molar-refractivity contribution in [3.8, 4) is 17.1 Å². The van der Waals surface area contributed by atoms with Gasteiger partial charge >= 0.3 is 0 Å². The molecule has 1 heterocycles. The number of H-pyrrole nitrogens is 1. The molecule has 19 heavy (non-hydrogen) atoms. The lowest BCUT2D eigenvalue weighted by Crippen LogP contribution is -2.14. The van der Waals surface area contributed by atoms with E-state index in [0.717, 1.165) is 22.6 Å². The van der Waals surface area contributed by atoms with Gasteiger partial charge in [-0.05, 0) is 37.7 Å². The Labute approximate surface area is 111 Å². The maximum Gasteiger partial charge on any atom is 0.251 e. The summed E-state index contributed by atoms with van der Waals surface area (Å²) in [5.41, 5.74) is 2.44. The lowest BCUT2D eigenvalue weighted by molar-refractivity contribution is 0.412. The third-order valence-electron chi connectivity index (χ3n) is 2.82. The van der Waals surface area contributed by atoms with Crippen LogP contribution in [0.5, 0.6) is 5.75 Å². The number of aryl methyl sites for hydroxylation is 1. The van der Waals surface area contributed by atoms with Crippen molar-refractivity contribution in [1.82, 2.24) is 15.3 Å². The molecule has 0 radical (unpaired) electrons. The summed E-state index contributed by atoms with van der Waals surface area (Å²) in [5, 5.41) is 2.98. The molecule has 2 rings (SSSR count). The summed E-state index contributed by atoms with van der Waals surface area (Å²) in [6, 6.07) is 7.19. The summed E-state index contributed by atoms with van der Waals surface area (Å²) in [7, 11) is 3.45. The summed E-state index contributed by atoms with van der Waals surface area (Å²) in [5.74, 6) is 1.39. The van der Waals surface area contributed by atoms with Crippen molar-refractivity contribution in [2.75, 3.05) is 14.2 Å². The number of hydrogen-bond acceptors (Lipinski definition) is 4. The first kappa shape index (κ1) is 13.3. The predicted molar refractivity (Wildman–Crippen MR) is 74.3 cm³/mol. The summed E-state index contributed by atoms with van der Waals surface area (Å²) in [6.45, 7) is 2.52. The van der Waals surface area contributed by atoms with E-state index in [1.165, 1.54) is 6.07 Å². The summed E-state index contributed by atoms with van der Waals surface area (Å²) >= 11 is 0. The summed E-state index contributed by atoms with van der Waals surface area (Å²) < 4.78 is 5.22. The first-order valence-corrected chi connectivity index (χ1v) is 6.04. The van der Waals surface area contributed by atoms with E-state index in [0.29, 0.717) is 12.4 Å². The SMILES string of the molecule is CNCc1cc(=O)[nH]c(-c2ccc(OC)c(C)c2)n1. The number of methoxy groups -OCH3 is 1. The molecular formula is C14H17N3O2. The van der Waals surface area contributed by atoms with E-state index in [-0.39, 0.29) is 5.56 Å². The molecule has 2 N–H and O–H groups in total. The van der Waals surface area contributed by atoms with Crippen molar-refractivity contribution >= 4 is 0 Å². The van der Waals surface area contributed by atoms with Gasteiger partial charge in [0, 0.05) is 18.2 Å². The second kappa shape index (κ2) is 5.67. The number of nitrogens with zero attached hydrogens (tertiary/aromatic N) is 1. The second-order valence-electron chi connectivity index (χ2n) is 4.30. The Morgan fingerprint density at radius 3 is 2.79 bits per heavy atom. The van der Waals surface area contributed by atoms with Crippen molar-refractivity contribution in [1.29, 1.82) is 0 Å². The number of ether oxygens (including phenoxy) is 1. The van der Waals surface area contributed by atoms with Gasteiger partial charge in [-0.15, -0.1) is 0 Å². The van der Waals surface area contributed by atoms with Crippen LogP contribution in [0.15, 0.2) is 29.1 Å². The zero-order valence-electron chi connectivity index (χ0n) is 11.3. The molecule has 1 aromatic heterocycles. The van der Waals surface area contributed by atoms with Gasteiger partial charge in [0.1, 0.15) is 11.6 Å². The summed E-state index contributed by atoms with van der Waals surface area (Å²) in [6.07, 6.45) is 0. The molecule has 0 bridgehead atoms. The normalized spacial score (nSPS) is 10.5. The van der Waals surface area contributed by atoms with Crippen LogP contribution in [0.3, 0.4) is 0 Å². The van der Waals surface area contributed by atoms with Gasteiger partial charge in [-0.2, -0.15) is 0 Å². The van der Waals surface area contributed by atoms with Crippen LogP contribution in [-0.4, -0.2) is 24.1 Å². The third-order valence-corrected chi connectivity index (χ3v) is 2.82. The molecule has 5 heteroatoms. The van der Waals surface area contributed by atoms with Gasteiger partial charge in [-0.3, -0.25) is 4.79 Å². The monoisotopic (exact) mass is 259 g/mol. The van der Waals surface area contributed by atoms with Crippen molar-refractivity contribution in [2.24, 2.45) is 0 Å². The fraction of sp³-hybridized carbons (Fsp3) is 0.286. The zero-order chi connectivity index (χ0) is 13.8. The minimum Gasteiger partial charge on any atom is -0.496 e. The molecule has 0 aliphatic carbocycles. The molecule has 2 aromatic rings. The molecule has 0 unspecified atom stereocenters. The van der Waals surface area contributed by atoms with Gasteiger partial charge in [0.15, 0.2) is 0 Å². The lowest BCUT2D eigenvalue weighted by atomic mass is 10.1. The maximum absolute atomic E-state index is 11.6. The van der Waals surface area contributed by atoms with E-state index >= 15 is 0 Å². The quantitative estimate of drug-likeness (QED) is 0.872. The molecular weight excluding hydrogens is 242 g/mol. The van der Waals surface area contributed by atoms with Crippen LogP contribution >= 0.6 is 0 Å². The Kier molecular flexibility index (Phi) is 3.97. The molecule has 0 saturated carbocycles. The first-order chi connectivity index (χ1) is 9.13. The summed E-state index contributed by atoms with van der Waals surface area (Å²) in [4.78, 5) is 18.8. The van der Waals surface area contributed by atoms with Gasteiger partial charge in [0.2, 0.25) is 0 Å². The van der Waals surface area contributed by atoms with E-state index in [1.807, 2.05) is 32.2 Å². The van der Waals surface area contributed by atoms with Crippen LogP contribution in [0.4, 0.5) is 0 Å². The first-order valence-electron chi connectivity index (χ1n) is 6.04. The van der Waals surface area contributed by atoms with E-state index < -0.39 is 0 Å². The Morgan fingerprint density at radius 1 is 1.37 bits per heavy atom. The van der Waals surface area contributed by atoms with Gasteiger partial charge in [0.25, 0.3) is 5.56 Å². The Hall–Kier alpha value is -2.14. The smallest absolute Gasteiger partial charge is 0.251 e. The molecule has 100 valence electrons. The lowest BCUT2D eigenvalue weighted by Gasteiger charge is -2.08. The van der Waals surface area contributed by atoms with Crippen LogP contribution in [-0.2, 0) is 6.54 Å². The van der Waals surface area contributed by atoms with Crippen molar-refractivity contribution < 1.29 is 4.74 Å². The van der Waals surface area contributed by atoms with Gasteiger partial charge in [0.05, 0.1) is 12.8 Å². The van der Waals surface area contributed by atoms with Crippen molar-refractivity contribution in [2.45, 2.75) is 13.5 Å². The van der Waals surface area contributed by atoms with E-state index in [1.54, 1.807) is 7.11 Å². The highest BCUT2D eigenvalue weighted by Crippen LogP contribution is 2.23. The van der Waals surface area contributed by atoms with Crippen LogP contribution < -0.4 is 15.6 Å². The fourth-order valence-electron chi connectivity index (χ4n) is 1.94. The highest BCUT2D eigenvalue weighted by atomic mass is 16.5. The standard InChI is InChI=1S/C14H17N3O2/c1-9-6-10(4-5-12(9)19-3)14-16-11(8-15-2)7-13(18)17-14/h4-7,15H,8H2,1-3H3,(H,16,17,18). The highest BCUT2D eigenvalue weighted by Gasteiger charge is 2.06. The number of aromatic amines is 1. The minimum atomic E-state index is -0.149. The average molecular weight is 259 g/mol. The van der Waals surface area contributed by atoms with Crippen LogP contribution in [0.2, 0.25) is 0 Å². The van der Waals surface area contributed by atoms with Gasteiger partial charge < -0.3 is 15.0 Å². The van der Waals surface area contributed by atoms with Crippen molar-refractivity contribution in [3.63, 3.8) is 0 Å². The van der Waals surface area contributed by atoms with E-state index in [9.17, 15) is 4.79 Å². The molecule has 0 aliphatic heterocycles. The molecule has 5 nitrogen and oxygen atoms in total. The maximum atomic E-state index is 11.6. The molecule has 0 amide bonds. The Bertz CT molecular complexity index is 635. The number of nitrogens with one attached hydrogen (secondary N) is 2. The van der Waals surface area contributed by atoms with Crippen molar-refractivity contribution in [3.05, 3.63) is 45.9 Å². The van der Waals surface area contributed by atoms with E-state index in [4.69, 9.17) is 4.74 Å². The van der Waals surface area contributed by atoms with Gasteiger partial charge in [-0.1, -0.05) is 0 Å². The zero-order valence-corrected chi connectivity index (χ0v) is 11.3. The van der Waals surface area contributed by atoms with Crippen LogP contribution in [0, 0.1) is 6.92 Å². The highest BCUT2D eigenvalue weighted by molar-refractivity contribution is 5.58. The minimum absolute atomic E-state index is 0.149. The number of hydrogen-bond donors (Lipinski definition) is 2. The molecule has 0 saturated heterocycles. The van der Waals surface area contributed by atoms with Crippen LogP contribution in [0.25, 0.3) is 11.4 Å². The Morgan fingerprint density at radius 2 is 2.16 bits per heavy atom. The van der Waals surface area contributed by atoms with E-state index in [2.05, 4.69) is 15.3 Å². The molecule has 0 atom stereocenters. The molecule has 0 fully saturated rings. The largest absolute Gasteiger partial charge is 0.496 e. The number of aromatic nitrogens is 2. The number of rotatable bonds is 4. The fourth-order valence-corrected chi connectivity index (χ4v) is 1.94. The Balaban J connectivity index is 2.46. The van der Waals surface area contributed by atoms with Crippen LogP contribution in [0.1, 0.15) is 11.3 Å². The molecule has 0 spiro atoms. The average Bonchev–Trinajstić information content (AvgIpc) is 2.38. The molecule has 0 aliphatic rings. The molecule has 1 aromatic carbocycles. The number of benzene rings is 1. The van der Waals surface area contributed by atoms with Gasteiger partial charge in [-0.25, -0.2) is 4.98 Å². The second-order valence-corrected chi connectivity index (χ2v) is 4.30. The predicted octanol–water partition coefficient (Wildman–Crippen LogP) is 1.47. The third kappa shape index (κ3) is 3.00. The topological polar surface area (TPSA) is 67.0 Å².